The number of hydrogen-bond donors (Lipinski definition) is 0. The summed E-state index contributed by atoms with van der Waals surface area (Å²) in [5, 5.41) is 0. The Labute approximate surface area is 108 Å². The van der Waals surface area contributed by atoms with E-state index in [0.29, 0.717) is 17.7 Å². The van der Waals surface area contributed by atoms with Crippen molar-refractivity contribution in [3.63, 3.8) is 0 Å². The normalized spacial score (nSPS) is 11.1. The number of esters is 1. The maximum absolute atomic E-state index is 12.2. The highest BCUT2D eigenvalue weighted by molar-refractivity contribution is 6.00. The lowest BCUT2D eigenvalue weighted by atomic mass is 9.82. The second kappa shape index (κ2) is 5.80. The van der Waals surface area contributed by atoms with Crippen molar-refractivity contribution >= 4 is 11.8 Å². The molecule has 0 radical (unpaired) electrons. The average molecular weight is 248 g/mol. The van der Waals surface area contributed by atoms with Crippen molar-refractivity contribution in [3.8, 4) is 0 Å². The molecule has 0 bridgehead atoms. The Kier molecular flexibility index (Phi) is 4.65. The van der Waals surface area contributed by atoms with Gasteiger partial charge >= 0.3 is 5.97 Å². The molecule has 0 saturated carbocycles. The number of Topliss-reactive ketones (excluding diaryl/α,β-unsaturated/α-hetero) is 1. The molecule has 0 amide bonds. The predicted molar refractivity (Wildman–Crippen MR) is 70.8 cm³/mol. The van der Waals surface area contributed by atoms with Crippen molar-refractivity contribution in [1.29, 1.82) is 0 Å². The Balaban J connectivity index is 2.90. The third kappa shape index (κ3) is 3.19. The Morgan fingerprint density at radius 1 is 1.06 bits per heavy atom. The molecule has 3 heteroatoms. The molecule has 1 aromatic rings. The van der Waals surface area contributed by atoms with E-state index in [1.165, 1.54) is 0 Å². The van der Waals surface area contributed by atoms with Crippen molar-refractivity contribution in [3.05, 3.63) is 35.4 Å². The van der Waals surface area contributed by atoms with Gasteiger partial charge in [-0.2, -0.15) is 0 Å². The number of rotatable bonds is 5. The third-order valence-corrected chi connectivity index (χ3v) is 3.16. The van der Waals surface area contributed by atoms with Gasteiger partial charge in [0.15, 0.2) is 5.78 Å². The molecule has 18 heavy (non-hydrogen) atoms. The molecular weight excluding hydrogens is 228 g/mol. The van der Waals surface area contributed by atoms with Crippen molar-refractivity contribution in [2.24, 2.45) is 5.41 Å². The minimum Gasteiger partial charge on any atom is -0.462 e. The van der Waals surface area contributed by atoms with E-state index < -0.39 is 0 Å². The summed E-state index contributed by atoms with van der Waals surface area (Å²) in [6.45, 7) is 7.95. The summed E-state index contributed by atoms with van der Waals surface area (Å²) in [5.41, 5.74) is 0.739. The fourth-order valence-electron chi connectivity index (χ4n) is 1.52. The van der Waals surface area contributed by atoms with Gasteiger partial charge in [-0.3, -0.25) is 4.79 Å². The van der Waals surface area contributed by atoms with Gasteiger partial charge in [-0.05, 0) is 25.5 Å². The van der Waals surface area contributed by atoms with E-state index in [0.717, 1.165) is 6.42 Å². The second-order valence-corrected chi connectivity index (χ2v) is 4.86. The van der Waals surface area contributed by atoms with Crippen molar-refractivity contribution in [2.45, 2.75) is 34.1 Å². The average Bonchev–Trinajstić information content (AvgIpc) is 2.38. The standard InChI is InChI=1S/C15H20O3/c1-5-15(3,4)13(16)11-7-9-12(10-8-11)14(17)18-6-2/h7-10H,5-6H2,1-4H3. The first kappa shape index (κ1) is 14.4. The zero-order valence-corrected chi connectivity index (χ0v) is 11.4. The van der Waals surface area contributed by atoms with Gasteiger partial charge in [0, 0.05) is 11.0 Å². The van der Waals surface area contributed by atoms with Crippen molar-refractivity contribution < 1.29 is 14.3 Å². The van der Waals surface area contributed by atoms with Crippen LogP contribution in [0.1, 0.15) is 54.8 Å². The summed E-state index contributed by atoms with van der Waals surface area (Å²) >= 11 is 0. The summed E-state index contributed by atoms with van der Waals surface area (Å²) in [7, 11) is 0. The highest BCUT2D eigenvalue weighted by atomic mass is 16.5. The zero-order chi connectivity index (χ0) is 13.8. The van der Waals surface area contributed by atoms with Crippen LogP contribution < -0.4 is 0 Å². The van der Waals surface area contributed by atoms with Gasteiger partial charge in [0.05, 0.1) is 12.2 Å². The van der Waals surface area contributed by atoms with Gasteiger partial charge in [-0.1, -0.05) is 32.9 Å². The van der Waals surface area contributed by atoms with E-state index in [4.69, 9.17) is 4.74 Å². The van der Waals surface area contributed by atoms with Gasteiger partial charge < -0.3 is 4.74 Å². The van der Waals surface area contributed by atoms with Crippen LogP contribution in [0.3, 0.4) is 0 Å². The molecule has 3 nitrogen and oxygen atoms in total. The quantitative estimate of drug-likeness (QED) is 0.592. The Morgan fingerprint density at radius 2 is 1.56 bits per heavy atom. The van der Waals surface area contributed by atoms with E-state index in [1.807, 2.05) is 20.8 Å². The van der Waals surface area contributed by atoms with E-state index >= 15 is 0 Å². The van der Waals surface area contributed by atoms with Crippen LogP contribution in [0.15, 0.2) is 24.3 Å². The lowest BCUT2D eigenvalue weighted by Gasteiger charge is -2.20. The lowest BCUT2D eigenvalue weighted by Crippen LogP contribution is -2.23. The minimum atomic E-state index is -0.370. The summed E-state index contributed by atoms with van der Waals surface area (Å²) < 4.78 is 4.89. The summed E-state index contributed by atoms with van der Waals surface area (Å²) in [4.78, 5) is 23.7. The highest BCUT2D eigenvalue weighted by Crippen LogP contribution is 2.25. The van der Waals surface area contributed by atoms with E-state index in [1.54, 1.807) is 31.2 Å². The molecule has 98 valence electrons. The van der Waals surface area contributed by atoms with E-state index in [9.17, 15) is 9.59 Å². The van der Waals surface area contributed by atoms with Crippen LogP contribution in [0.5, 0.6) is 0 Å². The van der Waals surface area contributed by atoms with Crippen LogP contribution in [0.4, 0.5) is 0 Å². The fraction of sp³-hybridized carbons (Fsp3) is 0.467. The first-order valence-corrected chi connectivity index (χ1v) is 6.24. The van der Waals surface area contributed by atoms with E-state index in [2.05, 4.69) is 0 Å². The molecular formula is C15H20O3. The molecule has 0 heterocycles. The molecule has 1 aromatic carbocycles. The van der Waals surface area contributed by atoms with Crippen LogP contribution in [0, 0.1) is 5.41 Å². The van der Waals surface area contributed by atoms with Crippen LogP contribution in [-0.2, 0) is 4.74 Å². The summed E-state index contributed by atoms with van der Waals surface area (Å²) in [5.74, 6) is -0.258. The van der Waals surface area contributed by atoms with Gasteiger partial charge in [0.2, 0.25) is 0 Å². The Bertz CT molecular complexity index is 430. The fourth-order valence-corrected chi connectivity index (χ4v) is 1.52. The lowest BCUT2D eigenvalue weighted by molar-refractivity contribution is 0.0526. The van der Waals surface area contributed by atoms with Crippen LogP contribution in [0.25, 0.3) is 0 Å². The Hall–Kier alpha value is -1.64. The predicted octanol–water partition coefficient (Wildman–Crippen LogP) is 3.48. The molecule has 0 unspecified atom stereocenters. The van der Waals surface area contributed by atoms with Gasteiger partial charge in [-0.25, -0.2) is 4.79 Å². The molecule has 0 aliphatic rings. The number of hydrogen-bond acceptors (Lipinski definition) is 3. The number of carbonyl (C=O) groups excluding carboxylic acids is 2. The smallest absolute Gasteiger partial charge is 0.338 e. The molecule has 0 aromatic heterocycles. The largest absolute Gasteiger partial charge is 0.462 e. The summed E-state index contributed by atoms with van der Waals surface area (Å²) in [6.07, 6.45) is 0.783. The highest BCUT2D eigenvalue weighted by Gasteiger charge is 2.26. The molecule has 0 spiro atoms. The molecule has 0 aliphatic carbocycles. The van der Waals surface area contributed by atoms with Crippen molar-refractivity contribution in [2.75, 3.05) is 6.61 Å². The van der Waals surface area contributed by atoms with Crippen LogP contribution in [0.2, 0.25) is 0 Å². The van der Waals surface area contributed by atoms with Gasteiger partial charge in [0.25, 0.3) is 0 Å². The number of ether oxygens (including phenoxy) is 1. The molecule has 0 aliphatic heterocycles. The Morgan fingerprint density at radius 3 is 2.00 bits per heavy atom. The number of carbonyl (C=O) groups is 2. The van der Waals surface area contributed by atoms with Crippen LogP contribution in [-0.4, -0.2) is 18.4 Å². The monoisotopic (exact) mass is 248 g/mol. The van der Waals surface area contributed by atoms with E-state index in [-0.39, 0.29) is 17.2 Å². The first-order valence-electron chi connectivity index (χ1n) is 6.24. The second-order valence-electron chi connectivity index (χ2n) is 4.86. The molecule has 0 atom stereocenters. The van der Waals surface area contributed by atoms with Gasteiger partial charge in [0.1, 0.15) is 0 Å². The number of ketones is 1. The third-order valence-electron chi connectivity index (χ3n) is 3.16. The topological polar surface area (TPSA) is 43.4 Å². The maximum Gasteiger partial charge on any atom is 0.338 e. The first-order chi connectivity index (χ1) is 8.42. The van der Waals surface area contributed by atoms with Crippen molar-refractivity contribution in [1.82, 2.24) is 0 Å². The minimum absolute atomic E-state index is 0.0976. The SMILES string of the molecule is CCOC(=O)c1ccc(C(=O)C(C)(C)CC)cc1. The van der Waals surface area contributed by atoms with Crippen LogP contribution >= 0.6 is 0 Å². The molecule has 0 saturated heterocycles. The zero-order valence-electron chi connectivity index (χ0n) is 11.4. The van der Waals surface area contributed by atoms with Gasteiger partial charge in [-0.15, -0.1) is 0 Å². The number of benzene rings is 1. The molecule has 0 N–H and O–H groups in total. The molecule has 0 fully saturated rings. The molecule has 1 rings (SSSR count). The summed E-state index contributed by atoms with van der Waals surface area (Å²) in [6, 6.07) is 6.64. The maximum atomic E-state index is 12.2.